The number of methoxy groups -OCH3 is 1. The molecule has 0 bridgehead atoms. The zero-order valence-corrected chi connectivity index (χ0v) is 21.7. The molecule has 1 aliphatic rings. The van der Waals surface area contributed by atoms with Gasteiger partial charge in [0.25, 0.3) is 6.01 Å². The molecule has 0 aliphatic heterocycles. The van der Waals surface area contributed by atoms with Crippen molar-refractivity contribution < 1.29 is 18.4 Å². The van der Waals surface area contributed by atoms with Gasteiger partial charge in [0.2, 0.25) is 5.91 Å². The average Bonchev–Trinajstić information content (AvgIpc) is 3.65. The highest BCUT2D eigenvalue weighted by Gasteiger charge is 2.19. The zero-order chi connectivity index (χ0) is 26.3. The molecule has 198 valence electrons. The van der Waals surface area contributed by atoms with Gasteiger partial charge in [0.15, 0.2) is 17.9 Å². The number of hydrogen-bond acceptors (Lipinski definition) is 8. The predicted octanol–water partition coefficient (Wildman–Crippen LogP) is 6.25. The SMILES string of the molecule is COc1cc(Nc2ncc(-c3ccccc3NC(=O)C(C)NCC3CCCCC3)o2)ccc1-c1cnco1. The van der Waals surface area contributed by atoms with E-state index in [-0.39, 0.29) is 11.9 Å². The number of ether oxygens (including phenoxy) is 1. The van der Waals surface area contributed by atoms with Crippen LogP contribution in [0.4, 0.5) is 17.4 Å². The number of amides is 1. The van der Waals surface area contributed by atoms with E-state index in [0.29, 0.717) is 34.9 Å². The third-order valence-electron chi connectivity index (χ3n) is 6.94. The molecule has 1 amide bonds. The summed E-state index contributed by atoms with van der Waals surface area (Å²) >= 11 is 0. The van der Waals surface area contributed by atoms with E-state index in [2.05, 4.69) is 25.9 Å². The largest absolute Gasteiger partial charge is 0.496 e. The minimum Gasteiger partial charge on any atom is -0.496 e. The van der Waals surface area contributed by atoms with Crippen molar-refractivity contribution >= 4 is 23.3 Å². The Morgan fingerprint density at radius 1 is 1.08 bits per heavy atom. The maximum Gasteiger partial charge on any atom is 0.299 e. The van der Waals surface area contributed by atoms with Crippen molar-refractivity contribution in [3.05, 3.63) is 61.3 Å². The topological polar surface area (TPSA) is 114 Å². The van der Waals surface area contributed by atoms with Gasteiger partial charge in [0.05, 0.1) is 36.8 Å². The van der Waals surface area contributed by atoms with Crippen molar-refractivity contribution in [3.63, 3.8) is 0 Å². The molecule has 1 atom stereocenters. The first kappa shape index (κ1) is 25.5. The van der Waals surface area contributed by atoms with E-state index < -0.39 is 0 Å². The fourth-order valence-electron chi connectivity index (χ4n) is 4.78. The Hall–Kier alpha value is -4.11. The van der Waals surface area contributed by atoms with Crippen LogP contribution in [0.15, 0.2) is 70.1 Å². The molecule has 9 heteroatoms. The van der Waals surface area contributed by atoms with Crippen LogP contribution in [0.1, 0.15) is 39.0 Å². The number of benzene rings is 2. The van der Waals surface area contributed by atoms with Gasteiger partial charge in [-0.05, 0) is 56.5 Å². The Labute approximate surface area is 222 Å². The fraction of sp³-hybridized carbons (Fsp3) is 0.345. The average molecular weight is 516 g/mol. The second kappa shape index (κ2) is 12.0. The number of nitrogens with one attached hydrogen (secondary N) is 3. The summed E-state index contributed by atoms with van der Waals surface area (Å²) in [5.74, 6) is 2.35. The van der Waals surface area contributed by atoms with Crippen molar-refractivity contribution in [2.75, 3.05) is 24.3 Å². The Kier molecular flexibility index (Phi) is 8.04. The van der Waals surface area contributed by atoms with Crippen LogP contribution in [0.2, 0.25) is 0 Å². The summed E-state index contributed by atoms with van der Waals surface area (Å²) in [5.41, 5.74) is 2.94. The summed E-state index contributed by atoms with van der Waals surface area (Å²) in [4.78, 5) is 21.3. The molecule has 0 saturated heterocycles. The molecule has 1 saturated carbocycles. The number of anilines is 3. The number of carbonyl (C=O) groups is 1. The van der Waals surface area contributed by atoms with Gasteiger partial charge in [-0.1, -0.05) is 31.4 Å². The van der Waals surface area contributed by atoms with E-state index >= 15 is 0 Å². The van der Waals surface area contributed by atoms with Crippen LogP contribution in [0.3, 0.4) is 0 Å². The fourth-order valence-corrected chi connectivity index (χ4v) is 4.78. The van der Waals surface area contributed by atoms with E-state index in [9.17, 15) is 4.79 Å². The molecule has 0 radical (unpaired) electrons. The van der Waals surface area contributed by atoms with Gasteiger partial charge in [-0.25, -0.2) is 9.97 Å². The van der Waals surface area contributed by atoms with Crippen LogP contribution in [-0.2, 0) is 4.79 Å². The first-order chi connectivity index (χ1) is 18.6. The van der Waals surface area contributed by atoms with Gasteiger partial charge in [0, 0.05) is 17.3 Å². The van der Waals surface area contributed by atoms with Gasteiger partial charge in [-0.15, -0.1) is 0 Å². The Bertz CT molecular complexity index is 1340. The number of oxazole rings is 2. The second-order valence-electron chi connectivity index (χ2n) is 9.60. The lowest BCUT2D eigenvalue weighted by atomic mass is 9.89. The molecular weight excluding hydrogens is 482 g/mol. The highest BCUT2D eigenvalue weighted by atomic mass is 16.5. The Balaban J connectivity index is 1.25. The first-order valence-corrected chi connectivity index (χ1v) is 13.0. The standard InChI is InChI=1S/C29H33N5O4/c1-19(31-15-20-8-4-3-5-9-20)28(35)34-24-11-7-6-10-22(24)27-17-32-29(38-27)33-21-12-13-23(25(14-21)36-2)26-16-30-18-37-26/h6-7,10-14,16-20,31H,3-5,8-9,15H2,1-2H3,(H,32,33)(H,34,35). The molecule has 5 rings (SSSR count). The maximum atomic E-state index is 12.9. The lowest BCUT2D eigenvalue weighted by Gasteiger charge is -2.24. The predicted molar refractivity (Wildman–Crippen MR) is 146 cm³/mol. The molecule has 1 aliphatic carbocycles. The number of nitrogens with zero attached hydrogens (tertiary/aromatic N) is 2. The third-order valence-corrected chi connectivity index (χ3v) is 6.94. The minimum absolute atomic E-state index is 0.0786. The van der Waals surface area contributed by atoms with E-state index in [1.165, 1.54) is 38.5 Å². The molecule has 2 heterocycles. The van der Waals surface area contributed by atoms with E-state index in [0.717, 1.165) is 23.4 Å². The number of para-hydroxylation sites is 1. The van der Waals surface area contributed by atoms with Crippen LogP contribution in [0.5, 0.6) is 5.75 Å². The molecule has 2 aromatic heterocycles. The van der Waals surface area contributed by atoms with E-state index in [1.807, 2.05) is 49.4 Å². The molecule has 38 heavy (non-hydrogen) atoms. The lowest BCUT2D eigenvalue weighted by molar-refractivity contribution is -0.117. The highest BCUT2D eigenvalue weighted by Crippen LogP contribution is 2.34. The summed E-state index contributed by atoms with van der Waals surface area (Å²) in [6.45, 7) is 2.77. The molecule has 3 N–H and O–H groups in total. The Morgan fingerprint density at radius 2 is 1.92 bits per heavy atom. The molecule has 9 nitrogen and oxygen atoms in total. The number of hydrogen-bond donors (Lipinski definition) is 3. The van der Waals surface area contributed by atoms with Crippen LogP contribution in [-0.4, -0.2) is 35.6 Å². The molecular formula is C29H33N5O4. The summed E-state index contributed by atoms with van der Waals surface area (Å²) in [7, 11) is 1.60. The van der Waals surface area contributed by atoms with E-state index in [1.54, 1.807) is 19.5 Å². The summed E-state index contributed by atoms with van der Waals surface area (Å²) in [6, 6.07) is 13.1. The monoisotopic (exact) mass is 515 g/mol. The molecule has 1 fully saturated rings. The third kappa shape index (κ3) is 6.06. The number of aromatic nitrogens is 2. The Morgan fingerprint density at radius 3 is 2.71 bits per heavy atom. The minimum atomic E-state index is -0.299. The highest BCUT2D eigenvalue weighted by molar-refractivity contribution is 5.97. The smallest absolute Gasteiger partial charge is 0.299 e. The van der Waals surface area contributed by atoms with Crippen molar-refractivity contribution in [3.8, 4) is 28.4 Å². The number of carbonyl (C=O) groups excluding carboxylic acids is 1. The zero-order valence-electron chi connectivity index (χ0n) is 21.7. The van der Waals surface area contributed by atoms with Crippen molar-refractivity contribution in [2.24, 2.45) is 5.92 Å². The molecule has 1 unspecified atom stereocenters. The van der Waals surface area contributed by atoms with Crippen molar-refractivity contribution in [2.45, 2.75) is 45.1 Å². The summed E-state index contributed by atoms with van der Waals surface area (Å²) in [6.07, 6.45) is 11.0. The summed E-state index contributed by atoms with van der Waals surface area (Å²) in [5, 5.41) is 9.62. The second-order valence-corrected chi connectivity index (χ2v) is 9.60. The quantitative estimate of drug-likeness (QED) is 0.227. The van der Waals surface area contributed by atoms with Gasteiger partial charge in [-0.2, -0.15) is 0 Å². The van der Waals surface area contributed by atoms with Gasteiger partial charge >= 0.3 is 0 Å². The molecule has 2 aromatic carbocycles. The van der Waals surface area contributed by atoms with Crippen LogP contribution >= 0.6 is 0 Å². The number of rotatable bonds is 10. The van der Waals surface area contributed by atoms with Gasteiger partial charge in [-0.3, -0.25) is 4.79 Å². The van der Waals surface area contributed by atoms with Crippen molar-refractivity contribution in [1.29, 1.82) is 0 Å². The van der Waals surface area contributed by atoms with Crippen LogP contribution in [0.25, 0.3) is 22.6 Å². The van der Waals surface area contributed by atoms with Crippen LogP contribution < -0.4 is 20.7 Å². The normalized spacial score (nSPS) is 14.7. The van der Waals surface area contributed by atoms with Gasteiger partial charge in [0.1, 0.15) is 5.75 Å². The molecule has 4 aromatic rings. The van der Waals surface area contributed by atoms with Gasteiger partial charge < -0.3 is 29.5 Å². The maximum absolute atomic E-state index is 12.9. The van der Waals surface area contributed by atoms with E-state index in [4.69, 9.17) is 13.6 Å². The summed E-state index contributed by atoms with van der Waals surface area (Å²) < 4.78 is 16.9. The first-order valence-electron chi connectivity index (χ1n) is 13.0. The lowest BCUT2D eigenvalue weighted by Crippen LogP contribution is -2.40. The van der Waals surface area contributed by atoms with Crippen molar-refractivity contribution in [1.82, 2.24) is 15.3 Å². The van der Waals surface area contributed by atoms with Crippen LogP contribution in [0, 0.1) is 5.92 Å². The molecule has 0 spiro atoms.